The van der Waals surface area contributed by atoms with E-state index in [1.807, 2.05) is 22.8 Å². The van der Waals surface area contributed by atoms with Crippen LogP contribution in [0.2, 0.25) is 0 Å². The molecule has 0 saturated carbocycles. The molecule has 1 aromatic rings. The third-order valence-corrected chi connectivity index (χ3v) is 6.00. The van der Waals surface area contributed by atoms with Gasteiger partial charge in [0.15, 0.2) is 0 Å². The Morgan fingerprint density at radius 2 is 1.97 bits per heavy atom. The van der Waals surface area contributed by atoms with E-state index in [1.165, 1.54) is 6.07 Å². The molecule has 6 nitrogen and oxygen atoms in total. The fourth-order valence-corrected chi connectivity index (χ4v) is 4.34. The molecule has 2 N–H and O–H groups in total. The Bertz CT molecular complexity index is 742. The average Bonchev–Trinajstić information content (AvgIpc) is 2.69. The number of anilines is 1. The molecule has 3 atom stereocenters. The Morgan fingerprint density at radius 3 is 2.72 bits per heavy atom. The van der Waals surface area contributed by atoms with Gasteiger partial charge in [0.25, 0.3) is 0 Å². The number of amides is 3. The van der Waals surface area contributed by atoms with Gasteiger partial charge < -0.3 is 20.4 Å². The van der Waals surface area contributed by atoms with Crippen LogP contribution in [0.1, 0.15) is 51.5 Å². The van der Waals surface area contributed by atoms with Gasteiger partial charge in [-0.05, 0) is 70.6 Å². The van der Waals surface area contributed by atoms with Crippen molar-refractivity contribution in [2.45, 2.75) is 71.0 Å². The fraction of sp³-hybridized carbons (Fsp3) is 0.636. The number of hydrogen-bond donors (Lipinski definition) is 2. The Balaban J connectivity index is 1.53. The summed E-state index contributed by atoms with van der Waals surface area (Å²) in [7, 11) is 0. The van der Waals surface area contributed by atoms with E-state index in [9.17, 15) is 14.0 Å². The van der Waals surface area contributed by atoms with Gasteiger partial charge in [0.1, 0.15) is 11.9 Å². The predicted octanol–water partition coefficient (Wildman–Crippen LogP) is 3.19. The molecular formula is C22H33FN4O2. The summed E-state index contributed by atoms with van der Waals surface area (Å²) in [6, 6.07) is 4.32. The Morgan fingerprint density at radius 1 is 1.17 bits per heavy atom. The lowest BCUT2D eigenvalue weighted by molar-refractivity contribution is -0.136. The molecule has 0 spiro atoms. The summed E-state index contributed by atoms with van der Waals surface area (Å²) < 4.78 is 14.2. The monoisotopic (exact) mass is 404 g/mol. The number of benzene rings is 1. The lowest BCUT2D eigenvalue weighted by Gasteiger charge is -2.36. The Hall–Kier alpha value is -2.31. The normalized spacial score (nSPS) is 23.4. The van der Waals surface area contributed by atoms with Crippen molar-refractivity contribution in [2.24, 2.45) is 0 Å². The lowest BCUT2D eigenvalue weighted by Crippen LogP contribution is -2.56. The molecule has 7 heteroatoms. The van der Waals surface area contributed by atoms with Crippen molar-refractivity contribution in [3.63, 3.8) is 0 Å². The molecule has 2 fully saturated rings. The number of piperidine rings is 2. The molecule has 0 aliphatic carbocycles. The van der Waals surface area contributed by atoms with Gasteiger partial charge in [-0.3, -0.25) is 4.79 Å². The number of likely N-dealkylation sites (tertiary alicyclic amines) is 1. The maximum Gasteiger partial charge on any atom is 0.315 e. The molecule has 3 amide bonds. The summed E-state index contributed by atoms with van der Waals surface area (Å²) in [5.41, 5.74) is 1.59. The first-order valence-corrected chi connectivity index (χ1v) is 10.7. The van der Waals surface area contributed by atoms with Crippen molar-refractivity contribution >= 4 is 17.6 Å². The van der Waals surface area contributed by atoms with E-state index in [0.717, 1.165) is 50.8 Å². The molecule has 0 aromatic heterocycles. The molecule has 2 heterocycles. The second kappa shape index (κ2) is 9.46. The highest BCUT2D eigenvalue weighted by atomic mass is 19.1. The quantitative estimate of drug-likeness (QED) is 0.810. The number of halogens is 1. The number of rotatable bonds is 4. The summed E-state index contributed by atoms with van der Waals surface area (Å²) in [5, 5.41) is 5.75. The van der Waals surface area contributed by atoms with Crippen molar-refractivity contribution in [3.05, 3.63) is 29.6 Å². The zero-order valence-electron chi connectivity index (χ0n) is 17.7. The molecular weight excluding hydrogens is 371 g/mol. The van der Waals surface area contributed by atoms with E-state index in [2.05, 4.69) is 17.6 Å². The Labute approximate surface area is 172 Å². The van der Waals surface area contributed by atoms with Gasteiger partial charge in [0, 0.05) is 31.7 Å². The van der Waals surface area contributed by atoms with Gasteiger partial charge in [-0.1, -0.05) is 6.07 Å². The topological polar surface area (TPSA) is 64.7 Å². The molecule has 2 aliphatic heterocycles. The van der Waals surface area contributed by atoms with E-state index in [0.29, 0.717) is 12.2 Å². The van der Waals surface area contributed by atoms with Gasteiger partial charge in [0.05, 0.1) is 5.69 Å². The molecule has 29 heavy (non-hydrogen) atoms. The van der Waals surface area contributed by atoms with Crippen LogP contribution in [0.25, 0.3) is 0 Å². The van der Waals surface area contributed by atoms with Crippen LogP contribution in [0.4, 0.5) is 14.9 Å². The minimum atomic E-state index is -0.565. The van der Waals surface area contributed by atoms with Crippen LogP contribution in [0.15, 0.2) is 18.2 Å². The first kappa shape index (κ1) is 21.4. The molecule has 3 rings (SSSR count). The number of urea groups is 1. The minimum Gasteiger partial charge on any atom is -0.367 e. The number of nitrogens with zero attached hydrogens (tertiary/aromatic N) is 2. The number of carbonyl (C=O) groups is 2. The van der Waals surface area contributed by atoms with Crippen LogP contribution < -0.4 is 15.5 Å². The minimum absolute atomic E-state index is 0.0283. The smallest absolute Gasteiger partial charge is 0.315 e. The second-order valence-corrected chi connectivity index (χ2v) is 8.46. The second-order valence-electron chi connectivity index (χ2n) is 8.46. The fourth-order valence-electron chi connectivity index (χ4n) is 4.34. The predicted molar refractivity (Wildman–Crippen MR) is 113 cm³/mol. The van der Waals surface area contributed by atoms with Crippen molar-refractivity contribution < 1.29 is 14.0 Å². The number of aryl methyl sites for hydroxylation is 1. The van der Waals surface area contributed by atoms with E-state index in [4.69, 9.17) is 0 Å². The summed E-state index contributed by atoms with van der Waals surface area (Å²) in [5.74, 6) is -0.268. The third kappa shape index (κ3) is 5.40. The highest BCUT2D eigenvalue weighted by Gasteiger charge is 2.29. The zero-order chi connectivity index (χ0) is 21.0. The van der Waals surface area contributed by atoms with Gasteiger partial charge in [-0.2, -0.15) is 0 Å². The molecule has 3 unspecified atom stereocenters. The molecule has 2 saturated heterocycles. The maximum atomic E-state index is 14.2. The van der Waals surface area contributed by atoms with E-state index < -0.39 is 6.04 Å². The van der Waals surface area contributed by atoms with Gasteiger partial charge in [-0.15, -0.1) is 0 Å². The summed E-state index contributed by atoms with van der Waals surface area (Å²) in [6.45, 7) is 7.82. The summed E-state index contributed by atoms with van der Waals surface area (Å²) in [6.07, 6.45) is 4.88. The van der Waals surface area contributed by atoms with Crippen molar-refractivity contribution in [1.29, 1.82) is 0 Å². The van der Waals surface area contributed by atoms with Gasteiger partial charge in [0.2, 0.25) is 5.91 Å². The average molecular weight is 405 g/mol. The summed E-state index contributed by atoms with van der Waals surface area (Å²) in [4.78, 5) is 29.0. The van der Waals surface area contributed by atoms with Crippen molar-refractivity contribution in [3.8, 4) is 0 Å². The molecule has 0 radical (unpaired) electrons. The van der Waals surface area contributed by atoms with Crippen LogP contribution in [-0.4, -0.2) is 54.6 Å². The highest BCUT2D eigenvalue weighted by molar-refractivity contribution is 5.87. The molecule has 1 aromatic carbocycles. The maximum absolute atomic E-state index is 14.2. The van der Waals surface area contributed by atoms with E-state index in [1.54, 1.807) is 13.0 Å². The third-order valence-electron chi connectivity index (χ3n) is 6.00. The number of nitrogens with one attached hydrogen (secondary N) is 2. The molecule has 0 bridgehead atoms. The first-order valence-electron chi connectivity index (χ1n) is 10.7. The van der Waals surface area contributed by atoms with Crippen LogP contribution >= 0.6 is 0 Å². The van der Waals surface area contributed by atoms with Gasteiger partial charge in [-0.25, -0.2) is 9.18 Å². The molecule has 2 aliphatic rings. The number of carbonyl (C=O) groups excluding carboxylic acids is 2. The van der Waals surface area contributed by atoms with Crippen molar-refractivity contribution in [2.75, 3.05) is 24.5 Å². The number of hydrogen-bond acceptors (Lipinski definition) is 3. The van der Waals surface area contributed by atoms with E-state index in [-0.39, 0.29) is 29.8 Å². The summed E-state index contributed by atoms with van der Waals surface area (Å²) >= 11 is 0. The SMILES string of the molecule is Cc1ccc(F)c(N2CCCC(NC(=O)NC(C)C(=O)N3CCCCC3C)C2)c1. The highest BCUT2D eigenvalue weighted by Crippen LogP contribution is 2.24. The first-order chi connectivity index (χ1) is 13.8. The van der Waals surface area contributed by atoms with Gasteiger partial charge >= 0.3 is 6.03 Å². The van der Waals surface area contributed by atoms with Crippen LogP contribution in [0.5, 0.6) is 0 Å². The van der Waals surface area contributed by atoms with Crippen LogP contribution in [-0.2, 0) is 4.79 Å². The van der Waals surface area contributed by atoms with Crippen molar-refractivity contribution in [1.82, 2.24) is 15.5 Å². The Kier molecular flexibility index (Phi) is 6.98. The lowest BCUT2D eigenvalue weighted by atomic mass is 10.0. The van der Waals surface area contributed by atoms with Crippen LogP contribution in [0.3, 0.4) is 0 Å². The standard InChI is InChI=1S/C22H33FN4O2/c1-15-9-10-19(23)20(13-15)26-11-6-8-18(14-26)25-22(29)24-17(3)21(28)27-12-5-4-7-16(27)2/h9-10,13,16-18H,4-8,11-12,14H2,1-3H3,(H2,24,25,29). The molecule has 160 valence electrons. The van der Waals surface area contributed by atoms with Crippen LogP contribution in [0, 0.1) is 12.7 Å². The zero-order valence-corrected chi connectivity index (χ0v) is 17.7. The largest absolute Gasteiger partial charge is 0.367 e. The van der Waals surface area contributed by atoms with E-state index >= 15 is 0 Å².